The van der Waals surface area contributed by atoms with Crippen LogP contribution in [0.25, 0.3) is 0 Å². The summed E-state index contributed by atoms with van der Waals surface area (Å²) in [6, 6.07) is 7.14. The Kier molecular flexibility index (Phi) is 3.03. The lowest BCUT2D eigenvalue weighted by Gasteiger charge is -2.07. The topological polar surface area (TPSA) is 55.1 Å². The fraction of sp³-hybridized carbons (Fsp3) is 0.300. The first-order chi connectivity index (χ1) is 6.09. The Bertz CT molecular complexity index is 308. The molecule has 70 valence electrons. The predicted molar refractivity (Wildman–Crippen MR) is 53.5 cm³/mol. The number of benzene rings is 1. The zero-order chi connectivity index (χ0) is 9.84. The molecule has 1 amide bonds. The van der Waals surface area contributed by atoms with Crippen LogP contribution in [0.5, 0.6) is 0 Å². The van der Waals surface area contributed by atoms with Gasteiger partial charge >= 0.3 is 0 Å². The van der Waals surface area contributed by atoms with Crippen molar-refractivity contribution >= 4 is 11.6 Å². The van der Waals surface area contributed by atoms with Crippen LogP contribution in [0.4, 0.5) is 5.69 Å². The minimum atomic E-state index is -0.472. The van der Waals surface area contributed by atoms with Crippen molar-refractivity contribution in [1.29, 1.82) is 0 Å². The highest BCUT2D eigenvalue weighted by molar-refractivity contribution is 5.94. The van der Waals surface area contributed by atoms with Crippen LogP contribution in [0.1, 0.15) is 12.5 Å². The van der Waals surface area contributed by atoms with Crippen molar-refractivity contribution in [3.05, 3.63) is 29.8 Å². The predicted octanol–water partition coefficient (Wildman–Crippen LogP) is 1.28. The lowest BCUT2D eigenvalue weighted by atomic mass is 10.2. The summed E-state index contributed by atoms with van der Waals surface area (Å²) in [7, 11) is 0. The molecule has 0 saturated heterocycles. The van der Waals surface area contributed by atoms with Gasteiger partial charge in [-0.15, -0.1) is 0 Å². The van der Waals surface area contributed by atoms with Gasteiger partial charge in [0.25, 0.3) is 0 Å². The zero-order valence-electron chi connectivity index (χ0n) is 7.87. The number of nitrogens with one attached hydrogen (secondary N) is 1. The van der Waals surface area contributed by atoms with Gasteiger partial charge < -0.3 is 11.1 Å². The van der Waals surface area contributed by atoms with Gasteiger partial charge in [0.2, 0.25) is 5.91 Å². The van der Waals surface area contributed by atoms with Crippen LogP contribution in [0, 0.1) is 6.92 Å². The molecular weight excluding hydrogens is 164 g/mol. The van der Waals surface area contributed by atoms with Crippen molar-refractivity contribution < 1.29 is 4.79 Å². The Labute approximate surface area is 77.9 Å². The van der Waals surface area contributed by atoms with Crippen LogP contribution >= 0.6 is 0 Å². The van der Waals surface area contributed by atoms with Crippen molar-refractivity contribution in [2.45, 2.75) is 19.9 Å². The lowest BCUT2D eigenvalue weighted by Crippen LogP contribution is -2.32. The highest BCUT2D eigenvalue weighted by Crippen LogP contribution is 2.09. The van der Waals surface area contributed by atoms with E-state index in [4.69, 9.17) is 5.73 Å². The van der Waals surface area contributed by atoms with E-state index in [0.717, 1.165) is 11.3 Å². The van der Waals surface area contributed by atoms with Crippen molar-refractivity contribution in [2.24, 2.45) is 5.73 Å². The molecule has 0 aliphatic carbocycles. The number of hydrogen-bond donors (Lipinski definition) is 2. The van der Waals surface area contributed by atoms with Crippen molar-refractivity contribution in [1.82, 2.24) is 0 Å². The largest absolute Gasteiger partial charge is 0.325 e. The van der Waals surface area contributed by atoms with Gasteiger partial charge in [-0.25, -0.2) is 0 Å². The molecule has 0 bridgehead atoms. The van der Waals surface area contributed by atoms with E-state index in [1.54, 1.807) is 6.92 Å². The fourth-order valence-corrected chi connectivity index (χ4v) is 0.979. The summed E-state index contributed by atoms with van der Waals surface area (Å²) in [5.74, 6) is -0.161. The summed E-state index contributed by atoms with van der Waals surface area (Å²) in [5, 5.41) is 2.72. The molecule has 0 spiro atoms. The number of rotatable bonds is 2. The summed E-state index contributed by atoms with van der Waals surface area (Å²) >= 11 is 0. The van der Waals surface area contributed by atoms with Crippen LogP contribution in [0.2, 0.25) is 0 Å². The highest BCUT2D eigenvalue weighted by Gasteiger charge is 2.06. The smallest absolute Gasteiger partial charge is 0.240 e. The summed E-state index contributed by atoms with van der Waals surface area (Å²) in [5.41, 5.74) is 7.32. The van der Waals surface area contributed by atoms with Crippen LogP contribution in [0.15, 0.2) is 24.3 Å². The van der Waals surface area contributed by atoms with Gasteiger partial charge in [0.05, 0.1) is 6.04 Å². The highest BCUT2D eigenvalue weighted by atomic mass is 16.2. The zero-order valence-corrected chi connectivity index (χ0v) is 7.87. The third-order valence-electron chi connectivity index (χ3n) is 1.70. The summed E-state index contributed by atoms with van der Waals surface area (Å²) < 4.78 is 0. The Balaban J connectivity index is 2.69. The fourth-order valence-electron chi connectivity index (χ4n) is 0.979. The number of anilines is 1. The molecule has 0 heterocycles. The second-order valence-electron chi connectivity index (χ2n) is 3.15. The molecule has 0 fully saturated rings. The number of carbonyl (C=O) groups is 1. The first-order valence-electron chi connectivity index (χ1n) is 4.22. The number of amides is 1. The van der Waals surface area contributed by atoms with Gasteiger partial charge in [-0.05, 0) is 31.5 Å². The number of carbonyl (C=O) groups excluding carboxylic acids is 1. The third kappa shape index (κ3) is 2.87. The maximum atomic E-state index is 11.2. The van der Waals surface area contributed by atoms with Crippen LogP contribution < -0.4 is 11.1 Å². The number of nitrogens with two attached hydrogens (primary N) is 1. The third-order valence-corrected chi connectivity index (χ3v) is 1.70. The van der Waals surface area contributed by atoms with E-state index in [2.05, 4.69) is 5.32 Å². The van der Waals surface area contributed by atoms with Crippen LogP contribution in [-0.2, 0) is 4.79 Å². The first kappa shape index (κ1) is 9.74. The van der Waals surface area contributed by atoms with Crippen molar-refractivity contribution in [2.75, 3.05) is 5.32 Å². The first-order valence-corrected chi connectivity index (χ1v) is 4.22. The maximum Gasteiger partial charge on any atom is 0.240 e. The molecule has 1 rings (SSSR count). The standard InChI is InChI=1S/C10H14N2O/c1-7-4-3-5-9(6-7)12-10(13)8(2)11/h3-6,8H,11H2,1-2H3,(H,12,13)/t8-/m0/s1. The van der Waals surface area contributed by atoms with Gasteiger partial charge in [-0.3, -0.25) is 4.79 Å². The van der Waals surface area contributed by atoms with E-state index < -0.39 is 6.04 Å². The molecule has 0 radical (unpaired) electrons. The molecule has 1 aromatic rings. The Hall–Kier alpha value is -1.35. The number of aryl methyl sites for hydroxylation is 1. The second-order valence-corrected chi connectivity index (χ2v) is 3.15. The molecule has 0 aliphatic heterocycles. The average Bonchev–Trinajstić information content (AvgIpc) is 2.04. The van der Waals surface area contributed by atoms with E-state index in [0.29, 0.717) is 0 Å². The summed E-state index contributed by atoms with van der Waals surface area (Å²) in [4.78, 5) is 11.2. The quantitative estimate of drug-likeness (QED) is 0.716. The molecular formula is C10H14N2O. The molecule has 0 unspecified atom stereocenters. The Morgan fingerprint density at radius 2 is 2.23 bits per heavy atom. The van der Waals surface area contributed by atoms with Gasteiger partial charge in [0, 0.05) is 5.69 Å². The normalized spacial score (nSPS) is 12.2. The Morgan fingerprint density at radius 3 is 2.77 bits per heavy atom. The summed E-state index contributed by atoms with van der Waals surface area (Å²) in [6.45, 7) is 3.63. The SMILES string of the molecule is Cc1cccc(NC(=O)[C@H](C)N)c1. The van der Waals surface area contributed by atoms with Crippen LogP contribution in [0.3, 0.4) is 0 Å². The van der Waals surface area contributed by atoms with E-state index in [1.807, 2.05) is 31.2 Å². The number of hydrogen-bond acceptors (Lipinski definition) is 2. The van der Waals surface area contributed by atoms with E-state index in [9.17, 15) is 4.79 Å². The molecule has 1 atom stereocenters. The van der Waals surface area contributed by atoms with Crippen molar-refractivity contribution in [3.8, 4) is 0 Å². The molecule has 1 aromatic carbocycles. The molecule has 3 nitrogen and oxygen atoms in total. The average molecular weight is 178 g/mol. The molecule has 0 aliphatic rings. The van der Waals surface area contributed by atoms with Gasteiger partial charge in [0.15, 0.2) is 0 Å². The summed E-state index contributed by atoms with van der Waals surface area (Å²) in [6.07, 6.45) is 0. The minimum Gasteiger partial charge on any atom is -0.325 e. The Morgan fingerprint density at radius 1 is 1.54 bits per heavy atom. The van der Waals surface area contributed by atoms with E-state index in [-0.39, 0.29) is 5.91 Å². The van der Waals surface area contributed by atoms with Gasteiger partial charge in [0.1, 0.15) is 0 Å². The second kappa shape index (κ2) is 4.05. The van der Waals surface area contributed by atoms with E-state index >= 15 is 0 Å². The molecule has 0 saturated carbocycles. The maximum absolute atomic E-state index is 11.2. The monoisotopic (exact) mass is 178 g/mol. The van der Waals surface area contributed by atoms with Gasteiger partial charge in [-0.1, -0.05) is 12.1 Å². The molecule has 0 aromatic heterocycles. The molecule has 3 heteroatoms. The lowest BCUT2D eigenvalue weighted by molar-refractivity contribution is -0.117. The molecule has 13 heavy (non-hydrogen) atoms. The van der Waals surface area contributed by atoms with Crippen molar-refractivity contribution in [3.63, 3.8) is 0 Å². The molecule has 3 N–H and O–H groups in total. The van der Waals surface area contributed by atoms with Crippen LogP contribution in [-0.4, -0.2) is 11.9 Å². The minimum absolute atomic E-state index is 0.161. The van der Waals surface area contributed by atoms with Gasteiger partial charge in [-0.2, -0.15) is 0 Å². The van der Waals surface area contributed by atoms with E-state index in [1.165, 1.54) is 0 Å².